The van der Waals surface area contributed by atoms with Crippen LogP contribution >= 0.6 is 7.14 Å². The Morgan fingerprint density at radius 2 is 0.684 bits per heavy atom. The van der Waals surface area contributed by atoms with Crippen molar-refractivity contribution in [2.45, 2.75) is 5.41 Å². The van der Waals surface area contributed by atoms with Gasteiger partial charge in [-0.2, -0.15) is 0 Å². The minimum absolute atomic E-state index is 0.669. The van der Waals surface area contributed by atoms with Gasteiger partial charge in [0.25, 0.3) is 0 Å². The molecule has 0 saturated heterocycles. The molecular formula is C55H37OP. The zero-order chi connectivity index (χ0) is 38.0. The van der Waals surface area contributed by atoms with Gasteiger partial charge in [0.15, 0.2) is 7.14 Å². The number of fused-ring (bicyclic) bond motifs is 9. The van der Waals surface area contributed by atoms with Gasteiger partial charge in [-0.1, -0.05) is 206 Å². The Labute approximate surface area is 332 Å². The van der Waals surface area contributed by atoms with Gasteiger partial charge in [-0.15, -0.1) is 0 Å². The maximum Gasteiger partial charge on any atom is 0.171 e. The fourth-order valence-electron chi connectivity index (χ4n) is 9.66. The van der Waals surface area contributed by atoms with E-state index in [2.05, 4.69) is 164 Å². The van der Waals surface area contributed by atoms with Gasteiger partial charge in [-0.05, 0) is 95.0 Å². The van der Waals surface area contributed by atoms with E-state index in [1.807, 2.05) is 60.7 Å². The average Bonchev–Trinajstić information content (AvgIpc) is 3.59. The molecule has 0 aliphatic heterocycles. The van der Waals surface area contributed by atoms with Crippen molar-refractivity contribution in [3.05, 3.63) is 247 Å². The lowest BCUT2D eigenvalue weighted by Gasteiger charge is -2.34. The maximum atomic E-state index is 15.9. The summed E-state index contributed by atoms with van der Waals surface area (Å²) in [7, 11) is -3.26. The minimum atomic E-state index is -3.26. The maximum absolute atomic E-state index is 15.9. The van der Waals surface area contributed by atoms with Crippen molar-refractivity contribution in [3.8, 4) is 22.3 Å². The molecule has 0 fully saturated rings. The van der Waals surface area contributed by atoms with E-state index < -0.39 is 12.6 Å². The number of benzene rings is 10. The predicted molar refractivity (Wildman–Crippen MR) is 241 cm³/mol. The third-order valence-corrected chi connectivity index (χ3v) is 15.3. The average molecular weight is 745 g/mol. The van der Waals surface area contributed by atoms with Crippen molar-refractivity contribution < 1.29 is 4.57 Å². The van der Waals surface area contributed by atoms with Crippen LogP contribution in [0.5, 0.6) is 0 Å². The molecule has 0 N–H and O–H groups in total. The first kappa shape index (κ1) is 33.5. The summed E-state index contributed by atoms with van der Waals surface area (Å²) < 4.78 is 15.9. The Kier molecular flexibility index (Phi) is 7.75. The highest BCUT2D eigenvalue weighted by molar-refractivity contribution is 7.85. The summed E-state index contributed by atoms with van der Waals surface area (Å²) in [6.45, 7) is 0. The number of hydrogen-bond donors (Lipinski definition) is 0. The summed E-state index contributed by atoms with van der Waals surface area (Å²) >= 11 is 0. The van der Waals surface area contributed by atoms with E-state index >= 15 is 4.57 Å². The first-order chi connectivity index (χ1) is 28.2. The van der Waals surface area contributed by atoms with Crippen molar-refractivity contribution in [1.82, 2.24) is 0 Å². The number of rotatable bonds is 6. The van der Waals surface area contributed by atoms with Crippen molar-refractivity contribution in [2.24, 2.45) is 0 Å². The molecule has 11 rings (SSSR count). The van der Waals surface area contributed by atoms with Gasteiger partial charge < -0.3 is 4.57 Å². The molecule has 268 valence electrons. The van der Waals surface area contributed by atoms with Gasteiger partial charge in [0.05, 0.1) is 5.41 Å². The van der Waals surface area contributed by atoms with E-state index in [1.165, 1.54) is 60.1 Å². The van der Waals surface area contributed by atoms with E-state index in [9.17, 15) is 0 Å². The topological polar surface area (TPSA) is 17.1 Å². The molecule has 0 bridgehead atoms. The van der Waals surface area contributed by atoms with Crippen LogP contribution < -0.4 is 15.9 Å². The van der Waals surface area contributed by atoms with Crippen LogP contribution in [0.3, 0.4) is 0 Å². The van der Waals surface area contributed by atoms with Crippen LogP contribution in [-0.4, -0.2) is 0 Å². The van der Waals surface area contributed by atoms with Gasteiger partial charge >= 0.3 is 0 Å². The summed E-state index contributed by atoms with van der Waals surface area (Å²) in [6, 6.07) is 79.9. The third kappa shape index (κ3) is 4.99. The van der Waals surface area contributed by atoms with Crippen LogP contribution in [-0.2, 0) is 9.98 Å². The van der Waals surface area contributed by atoms with Gasteiger partial charge in [-0.3, -0.25) is 0 Å². The fourth-order valence-corrected chi connectivity index (χ4v) is 12.3. The molecule has 57 heavy (non-hydrogen) atoms. The summed E-state index contributed by atoms with van der Waals surface area (Å²) in [5, 5.41) is 10.1. The SMILES string of the molecule is O=P(c1ccccc1)(c1ccccc1)c1ccc2c(c1)C(c1ccccc1)(c1ccccc1)c1cc(-c3ccc4c5ccccc5c5ccccc5c4c3)ccc1-2. The Bertz CT molecular complexity index is 3070. The van der Waals surface area contributed by atoms with E-state index in [-0.39, 0.29) is 0 Å². The zero-order valence-corrected chi connectivity index (χ0v) is 32.1. The van der Waals surface area contributed by atoms with Gasteiger partial charge in [0.1, 0.15) is 0 Å². The van der Waals surface area contributed by atoms with Crippen molar-refractivity contribution >= 4 is 55.4 Å². The smallest absolute Gasteiger partial charge is 0.171 e. The van der Waals surface area contributed by atoms with Crippen LogP contribution in [0, 0.1) is 0 Å². The van der Waals surface area contributed by atoms with Crippen LogP contribution in [0.25, 0.3) is 54.6 Å². The normalized spacial score (nSPS) is 13.1. The summed E-state index contributed by atoms with van der Waals surface area (Å²) in [4.78, 5) is 0. The quantitative estimate of drug-likeness (QED) is 0.122. The van der Waals surface area contributed by atoms with Crippen molar-refractivity contribution in [3.63, 3.8) is 0 Å². The summed E-state index contributed by atoms with van der Waals surface area (Å²) in [5.74, 6) is 0. The molecule has 0 unspecified atom stereocenters. The predicted octanol–water partition coefficient (Wildman–Crippen LogP) is 12.8. The van der Waals surface area contributed by atoms with Crippen molar-refractivity contribution in [2.75, 3.05) is 0 Å². The monoisotopic (exact) mass is 744 g/mol. The molecule has 0 amide bonds. The molecule has 0 aromatic heterocycles. The Hall–Kier alpha value is -6.79. The molecule has 0 spiro atoms. The lowest BCUT2D eigenvalue weighted by molar-refractivity contribution is 0.592. The van der Waals surface area contributed by atoms with Gasteiger partial charge in [0.2, 0.25) is 0 Å². The highest BCUT2D eigenvalue weighted by Crippen LogP contribution is 2.58. The molecule has 0 radical (unpaired) electrons. The first-order valence-electron chi connectivity index (χ1n) is 19.6. The highest BCUT2D eigenvalue weighted by Gasteiger charge is 2.47. The second kappa shape index (κ2) is 13.2. The van der Waals surface area contributed by atoms with Gasteiger partial charge in [0, 0.05) is 15.9 Å². The summed E-state index contributed by atoms with van der Waals surface area (Å²) in [6.07, 6.45) is 0. The molecular weight excluding hydrogens is 708 g/mol. The molecule has 0 saturated carbocycles. The van der Waals surface area contributed by atoms with E-state index in [0.29, 0.717) is 0 Å². The summed E-state index contributed by atoms with van der Waals surface area (Å²) in [5.41, 5.74) is 8.75. The second-order valence-electron chi connectivity index (χ2n) is 15.1. The molecule has 1 nitrogen and oxygen atoms in total. The Morgan fingerprint density at radius 1 is 0.298 bits per heavy atom. The highest BCUT2D eigenvalue weighted by atomic mass is 31.2. The van der Waals surface area contributed by atoms with Crippen LogP contribution in [0.1, 0.15) is 22.3 Å². The molecule has 10 aromatic rings. The zero-order valence-electron chi connectivity index (χ0n) is 31.2. The Morgan fingerprint density at radius 3 is 1.21 bits per heavy atom. The van der Waals surface area contributed by atoms with Crippen LogP contribution in [0.2, 0.25) is 0 Å². The van der Waals surface area contributed by atoms with Crippen LogP contribution in [0.15, 0.2) is 224 Å². The molecule has 2 heteroatoms. The molecule has 1 aliphatic rings. The lowest BCUT2D eigenvalue weighted by Crippen LogP contribution is -2.31. The third-order valence-electron chi connectivity index (χ3n) is 12.2. The fraction of sp³-hybridized carbons (Fsp3) is 0.0182. The van der Waals surface area contributed by atoms with E-state index in [4.69, 9.17) is 0 Å². The largest absolute Gasteiger partial charge is 0.309 e. The molecule has 1 aliphatic carbocycles. The van der Waals surface area contributed by atoms with E-state index in [1.54, 1.807) is 0 Å². The minimum Gasteiger partial charge on any atom is -0.309 e. The van der Waals surface area contributed by atoms with Gasteiger partial charge in [-0.25, -0.2) is 0 Å². The Balaban J connectivity index is 1.19. The molecule has 0 heterocycles. The van der Waals surface area contributed by atoms with Crippen LogP contribution in [0.4, 0.5) is 0 Å². The second-order valence-corrected chi connectivity index (χ2v) is 17.9. The first-order valence-corrected chi connectivity index (χ1v) is 21.3. The standard InChI is InChI=1S/C55H37OP/c56-57(42-21-9-3-10-22-42,43-23-11-4-12-24-43)44-31-34-51-50-33-30-39(36-53(50)55(54(51)37-44,40-17-5-1-6-18-40)41-19-7-2-8-20-41)38-29-32-49-47-27-14-13-25-45(47)46-26-15-16-28-48(46)52(49)35-38/h1-37H. The molecule has 10 aromatic carbocycles. The lowest BCUT2D eigenvalue weighted by atomic mass is 9.67. The van der Waals surface area contributed by atoms with E-state index in [0.717, 1.165) is 32.6 Å². The van der Waals surface area contributed by atoms with Crippen molar-refractivity contribution in [1.29, 1.82) is 0 Å². The molecule has 0 atom stereocenters. The number of hydrogen-bond acceptors (Lipinski definition) is 1.